The number of nitrogens with zero attached hydrogens (tertiary/aromatic N) is 1. The van der Waals surface area contributed by atoms with E-state index in [0.717, 1.165) is 25.7 Å². The molecule has 1 saturated carbocycles. The Hall–Kier alpha value is -0.550. The van der Waals surface area contributed by atoms with Gasteiger partial charge >= 0.3 is 0 Å². The van der Waals surface area contributed by atoms with Gasteiger partial charge in [-0.25, -0.2) is 0 Å². The first kappa shape index (κ1) is 8.55. The first-order valence-electron chi connectivity index (χ1n) is 4.39. The zero-order valence-electron chi connectivity index (χ0n) is 6.79. The molecule has 1 N–H and O–H groups in total. The van der Waals surface area contributed by atoms with Gasteiger partial charge in [0.2, 0.25) is 0 Å². The zero-order chi connectivity index (χ0) is 8.10. The fraction of sp³-hybridized carbons (Fsp3) is 0.889. The average molecular weight is 153 g/mol. The molecule has 1 aliphatic rings. The van der Waals surface area contributed by atoms with Crippen LogP contribution in [0.3, 0.4) is 0 Å². The number of rotatable bonds is 2. The first-order valence-corrected chi connectivity index (χ1v) is 4.39. The lowest BCUT2D eigenvalue weighted by atomic mass is 9.84. The highest BCUT2D eigenvalue weighted by Crippen LogP contribution is 2.27. The fourth-order valence-corrected chi connectivity index (χ4v) is 1.77. The van der Waals surface area contributed by atoms with Gasteiger partial charge in [-0.15, -0.1) is 0 Å². The monoisotopic (exact) mass is 153 g/mol. The molecular formula is C9H15NO. The quantitative estimate of drug-likeness (QED) is 0.657. The van der Waals surface area contributed by atoms with Crippen LogP contribution in [0.2, 0.25) is 0 Å². The van der Waals surface area contributed by atoms with E-state index in [2.05, 4.69) is 6.07 Å². The SMILES string of the molecule is N#CCC[C@@H]1CCCC[C@@H]1O. The Morgan fingerprint density at radius 3 is 2.73 bits per heavy atom. The third-order valence-electron chi connectivity index (χ3n) is 2.50. The fourth-order valence-electron chi connectivity index (χ4n) is 1.77. The van der Waals surface area contributed by atoms with E-state index in [1.165, 1.54) is 6.42 Å². The van der Waals surface area contributed by atoms with E-state index in [9.17, 15) is 5.11 Å². The third kappa shape index (κ3) is 2.51. The molecule has 0 aromatic heterocycles. The Morgan fingerprint density at radius 2 is 2.09 bits per heavy atom. The van der Waals surface area contributed by atoms with Crippen molar-refractivity contribution in [2.45, 2.75) is 44.6 Å². The molecule has 2 heteroatoms. The molecule has 0 saturated heterocycles. The lowest BCUT2D eigenvalue weighted by Crippen LogP contribution is -2.24. The molecule has 0 aromatic carbocycles. The molecule has 0 radical (unpaired) electrons. The maximum atomic E-state index is 9.49. The smallest absolute Gasteiger partial charge is 0.0621 e. The van der Waals surface area contributed by atoms with Gasteiger partial charge in [-0.3, -0.25) is 0 Å². The van der Waals surface area contributed by atoms with Gasteiger partial charge in [-0.05, 0) is 25.2 Å². The van der Waals surface area contributed by atoms with Crippen LogP contribution in [0, 0.1) is 17.2 Å². The van der Waals surface area contributed by atoms with E-state index in [1.807, 2.05) is 0 Å². The van der Waals surface area contributed by atoms with Crippen LogP contribution in [0.15, 0.2) is 0 Å². The highest BCUT2D eigenvalue weighted by Gasteiger charge is 2.21. The summed E-state index contributed by atoms with van der Waals surface area (Å²) < 4.78 is 0. The van der Waals surface area contributed by atoms with Crippen LogP contribution in [0.4, 0.5) is 0 Å². The average Bonchev–Trinajstić information content (AvgIpc) is 2.03. The molecule has 0 aliphatic heterocycles. The first-order chi connectivity index (χ1) is 5.34. The molecule has 0 unspecified atom stereocenters. The Bertz CT molecular complexity index is 150. The van der Waals surface area contributed by atoms with E-state index in [-0.39, 0.29) is 6.10 Å². The minimum absolute atomic E-state index is 0.128. The molecule has 0 heterocycles. The van der Waals surface area contributed by atoms with Crippen molar-refractivity contribution in [1.29, 1.82) is 5.26 Å². The summed E-state index contributed by atoms with van der Waals surface area (Å²) in [5.41, 5.74) is 0. The summed E-state index contributed by atoms with van der Waals surface area (Å²) in [6, 6.07) is 2.12. The molecule has 1 fully saturated rings. The lowest BCUT2D eigenvalue weighted by Gasteiger charge is -2.26. The Balaban J connectivity index is 2.25. The molecule has 2 nitrogen and oxygen atoms in total. The van der Waals surface area contributed by atoms with Gasteiger partial charge in [0.25, 0.3) is 0 Å². The number of aliphatic hydroxyl groups is 1. The summed E-state index contributed by atoms with van der Waals surface area (Å²) in [4.78, 5) is 0. The molecule has 1 aliphatic carbocycles. The van der Waals surface area contributed by atoms with Crippen LogP contribution in [0.1, 0.15) is 38.5 Å². The van der Waals surface area contributed by atoms with Crippen molar-refractivity contribution in [2.75, 3.05) is 0 Å². The summed E-state index contributed by atoms with van der Waals surface area (Å²) in [7, 11) is 0. The van der Waals surface area contributed by atoms with Crippen LogP contribution in [0.25, 0.3) is 0 Å². The molecule has 11 heavy (non-hydrogen) atoms. The molecule has 1 rings (SSSR count). The van der Waals surface area contributed by atoms with Crippen LogP contribution in [-0.2, 0) is 0 Å². The highest BCUT2D eigenvalue weighted by molar-refractivity contribution is 4.78. The lowest BCUT2D eigenvalue weighted by molar-refractivity contribution is 0.0661. The molecule has 0 aromatic rings. The maximum Gasteiger partial charge on any atom is 0.0621 e. The number of hydrogen-bond acceptors (Lipinski definition) is 2. The topological polar surface area (TPSA) is 44.0 Å². The van der Waals surface area contributed by atoms with Gasteiger partial charge in [0, 0.05) is 6.42 Å². The van der Waals surface area contributed by atoms with Gasteiger partial charge < -0.3 is 5.11 Å². The van der Waals surface area contributed by atoms with Crippen molar-refractivity contribution in [3.8, 4) is 6.07 Å². The van der Waals surface area contributed by atoms with E-state index in [0.29, 0.717) is 12.3 Å². The third-order valence-corrected chi connectivity index (χ3v) is 2.50. The van der Waals surface area contributed by atoms with Gasteiger partial charge in [-0.2, -0.15) is 5.26 Å². The van der Waals surface area contributed by atoms with Crippen molar-refractivity contribution in [3.63, 3.8) is 0 Å². The Kier molecular flexibility index (Phi) is 3.38. The number of nitriles is 1. The number of hydrogen-bond donors (Lipinski definition) is 1. The summed E-state index contributed by atoms with van der Waals surface area (Å²) in [6.07, 6.45) is 5.80. The van der Waals surface area contributed by atoms with Crippen molar-refractivity contribution in [1.82, 2.24) is 0 Å². The van der Waals surface area contributed by atoms with Gasteiger partial charge in [0.15, 0.2) is 0 Å². The van der Waals surface area contributed by atoms with Gasteiger partial charge in [0.1, 0.15) is 0 Å². The zero-order valence-corrected chi connectivity index (χ0v) is 6.79. The largest absolute Gasteiger partial charge is 0.393 e. The van der Waals surface area contributed by atoms with E-state index in [4.69, 9.17) is 5.26 Å². The standard InChI is InChI=1S/C9H15NO/c10-7-3-5-8-4-1-2-6-9(8)11/h8-9,11H,1-6H2/t8-,9-/m0/s1. The van der Waals surface area contributed by atoms with Crippen LogP contribution in [-0.4, -0.2) is 11.2 Å². The van der Waals surface area contributed by atoms with Crippen molar-refractivity contribution in [3.05, 3.63) is 0 Å². The summed E-state index contributed by atoms with van der Waals surface area (Å²) in [6.45, 7) is 0. The minimum atomic E-state index is -0.128. The van der Waals surface area contributed by atoms with Gasteiger partial charge in [-0.1, -0.05) is 12.8 Å². The van der Waals surface area contributed by atoms with E-state index >= 15 is 0 Å². The summed E-state index contributed by atoms with van der Waals surface area (Å²) in [5, 5.41) is 17.8. The predicted molar refractivity (Wildman–Crippen MR) is 42.8 cm³/mol. The molecule has 0 bridgehead atoms. The van der Waals surface area contributed by atoms with E-state index in [1.54, 1.807) is 0 Å². The van der Waals surface area contributed by atoms with Gasteiger partial charge in [0.05, 0.1) is 12.2 Å². The second-order valence-electron chi connectivity index (χ2n) is 3.31. The number of aliphatic hydroxyl groups excluding tert-OH is 1. The minimum Gasteiger partial charge on any atom is -0.393 e. The molecule has 62 valence electrons. The molecule has 0 spiro atoms. The Morgan fingerprint density at radius 1 is 1.36 bits per heavy atom. The second kappa shape index (κ2) is 4.35. The van der Waals surface area contributed by atoms with E-state index < -0.39 is 0 Å². The van der Waals surface area contributed by atoms with Crippen LogP contribution < -0.4 is 0 Å². The predicted octanol–water partition coefficient (Wildman–Crippen LogP) is 1.84. The second-order valence-corrected chi connectivity index (χ2v) is 3.31. The highest BCUT2D eigenvalue weighted by atomic mass is 16.3. The maximum absolute atomic E-state index is 9.49. The van der Waals surface area contributed by atoms with Crippen molar-refractivity contribution >= 4 is 0 Å². The molecular weight excluding hydrogens is 138 g/mol. The summed E-state index contributed by atoms with van der Waals surface area (Å²) >= 11 is 0. The summed E-state index contributed by atoms with van der Waals surface area (Å²) in [5.74, 6) is 0.406. The van der Waals surface area contributed by atoms with Crippen molar-refractivity contribution in [2.24, 2.45) is 5.92 Å². The van der Waals surface area contributed by atoms with Crippen LogP contribution >= 0.6 is 0 Å². The normalized spacial score (nSPS) is 31.3. The molecule has 0 amide bonds. The van der Waals surface area contributed by atoms with Crippen LogP contribution in [0.5, 0.6) is 0 Å². The van der Waals surface area contributed by atoms with Crippen molar-refractivity contribution < 1.29 is 5.11 Å². The Labute approximate surface area is 67.8 Å². The molecule has 2 atom stereocenters.